The van der Waals surface area contributed by atoms with Gasteiger partial charge in [-0.25, -0.2) is 0 Å². The summed E-state index contributed by atoms with van der Waals surface area (Å²) < 4.78 is 4.84. The first-order valence-electron chi connectivity index (χ1n) is 6.92. The van der Waals surface area contributed by atoms with E-state index in [2.05, 4.69) is 12.2 Å². The SMILES string of the molecule is COCC(=O)N1CCN(C(=O)CC2C=CCC2)CC1. The van der Waals surface area contributed by atoms with E-state index in [1.54, 1.807) is 4.90 Å². The van der Waals surface area contributed by atoms with E-state index in [0.717, 1.165) is 12.8 Å². The lowest BCUT2D eigenvalue weighted by molar-refractivity contribution is -0.142. The maximum Gasteiger partial charge on any atom is 0.248 e. The van der Waals surface area contributed by atoms with Gasteiger partial charge in [0, 0.05) is 39.7 Å². The van der Waals surface area contributed by atoms with Crippen LogP contribution in [0.4, 0.5) is 0 Å². The van der Waals surface area contributed by atoms with Gasteiger partial charge in [0.05, 0.1) is 0 Å². The fourth-order valence-electron chi connectivity index (χ4n) is 2.64. The maximum absolute atomic E-state index is 12.1. The Hall–Kier alpha value is -1.36. The van der Waals surface area contributed by atoms with Crippen molar-refractivity contribution in [2.75, 3.05) is 39.9 Å². The Morgan fingerprint density at radius 1 is 1.16 bits per heavy atom. The molecule has 0 aromatic carbocycles. The highest BCUT2D eigenvalue weighted by atomic mass is 16.5. The number of hydrogen-bond donors (Lipinski definition) is 0. The molecule has 106 valence electrons. The van der Waals surface area contributed by atoms with Crippen LogP contribution in [-0.2, 0) is 14.3 Å². The molecule has 0 spiro atoms. The highest BCUT2D eigenvalue weighted by molar-refractivity contribution is 5.79. The summed E-state index contributed by atoms with van der Waals surface area (Å²) in [5.74, 6) is 0.643. The molecule has 0 aromatic rings. The summed E-state index contributed by atoms with van der Waals surface area (Å²) in [6, 6.07) is 0. The number of carbonyl (C=O) groups is 2. The summed E-state index contributed by atoms with van der Waals surface area (Å²) >= 11 is 0. The molecular formula is C14H22N2O3. The van der Waals surface area contributed by atoms with Crippen LogP contribution in [0.25, 0.3) is 0 Å². The normalized spacial score (nSPS) is 22.9. The van der Waals surface area contributed by atoms with Crippen molar-refractivity contribution in [2.24, 2.45) is 5.92 Å². The van der Waals surface area contributed by atoms with Crippen molar-refractivity contribution in [2.45, 2.75) is 19.3 Å². The summed E-state index contributed by atoms with van der Waals surface area (Å²) in [7, 11) is 1.52. The fraction of sp³-hybridized carbons (Fsp3) is 0.714. The molecular weight excluding hydrogens is 244 g/mol. The summed E-state index contributed by atoms with van der Waals surface area (Å²) in [4.78, 5) is 27.4. The molecule has 5 nitrogen and oxygen atoms in total. The third kappa shape index (κ3) is 3.80. The third-order valence-electron chi connectivity index (χ3n) is 3.80. The van der Waals surface area contributed by atoms with E-state index in [1.807, 2.05) is 4.90 Å². The second kappa shape index (κ2) is 6.70. The number of piperazine rings is 1. The van der Waals surface area contributed by atoms with E-state index in [9.17, 15) is 9.59 Å². The Bertz CT molecular complexity index is 360. The lowest BCUT2D eigenvalue weighted by Gasteiger charge is -2.35. The topological polar surface area (TPSA) is 49.9 Å². The van der Waals surface area contributed by atoms with Gasteiger partial charge in [-0.05, 0) is 18.8 Å². The number of ether oxygens (including phenoxy) is 1. The van der Waals surface area contributed by atoms with E-state index < -0.39 is 0 Å². The first-order valence-corrected chi connectivity index (χ1v) is 6.92. The van der Waals surface area contributed by atoms with Crippen LogP contribution in [0.1, 0.15) is 19.3 Å². The summed E-state index contributed by atoms with van der Waals surface area (Å²) in [5.41, 5.74) is 0. The van der Waals surface area contributed by atoms with Crippen molar-refractivity contribution in [3.05, 3.63) is 12.2 Å². The molecule has 2 rings (SSSR count). The number of carbonyl (C=O) groups excluding carboxylic acids is 2. The molecule has 5 heteroatoms. The van der Waals surface area contributed by atoms with Crippen LogP contribution in [0, 0.1) is 5.92 Å². The predicted molar refractivity (Wildman–Crippen MR) is 71.5 cm³/mol. The van der Waals surface area contributed by atoms with Crippen LogP contribution in [0.2, 0.25) is 0 Å². The second-order valence-corrected chi connectivity index (χ2v) is 5.16. The number of nitrogens with zero attached hydrogens (tertiary/aromatic N) is 2. The van der Waals surface area contributed by atoms with Gasteiger partial charge in [-0.1, -0.05) is 12.2 Å². The Labute approximate surface area is 114 Å². The van der Waals surface area contributed by atoms with Gasteiger partial charge in [-0.3, -0.25) is 9.59 Å². The molecule has 1 saturated heterocycles. The van der Waals surface area contributed by atoms with Gasteiger partial charge >= 0.3 is 0 Å². The quantitative estimate of drug-likeness (QED) is 0.702. The van der Waals surface area contributed by atoms with E-state index >= 15 is 0 Å². The minimum absolute atomic E-state index is 0.00771. The fourth-order valence-corrected chi connectivity index (χ4v) is 2.64. The summed E-state index contributed by atoms with van der Waals surface area (Å²) in [6.07, 6.45) is 7.10. The molecule has 1 unspecified atom stereocenters. The lowest BCUT2D eigenvalue weighted by Crippen LogP contribution is -2.51. The number of allylic oxidation sites excluding steroid dienone is 2. The van der Waals surface area contributed by atoms with Crippen LogP contribution in [0.3, 0.4) is 0 Å². The van der Waals surface area contributed by atoms with Gasteiger partial charge in [0.1, 0.15) is 6.61 Å². The van der Waals surface area contributed by atoms with Gasteiger partial charge in [0.15, 0.2) is 0 Å². The molecule has 2 aliphatic rings. The number of amides is 2. The zero-order chi connectivity index (χ0) is 13.7. The van der Waals surface area contributed by atoms with Crippen LogP contribution >= 0.6 is 0 Å². The first-order chi connectivity index (χ1) is 9.20. The molecule has 0 N–H and O–H groups in total. The van der Waals surface area contributed by atoms with Crippen LogP contribution in [-0.4, -0.2) is 61.5 Å². The number of rotatable bonds is 4. The molecule has 1 fully saturated rings. The van der Waals surface area contributed by atoms with Crippen molar-refractivity contribution in [3.63, 3.8) is 0 Å². The van der Waals surface area contributed by atoms with Crippen LogP contribution < -0.4 is 0 Å². The lowest BCUT2D eigenvalue weighted by atomic mass is 10.0. The predicted octanol–water partition coefficient (Wildman–Crippen LogP) is 0.660. The number of methoxy groups -OCH3 is 1. The number of hydrogen-bond acceptors (Lipinski definition) is 3. The molecule has 0 saturated carbocycles. The Kier molecular flexibility index (Phi) is 4.96. The van der Waals surface area contributed by atoms with Crippen molar-refractivity contribution < 1.29 is 14.3 Å². The zero-order valence-electron chi connectivity index (χ0n) is 11.5. The molecule has 1 atom stereocenters. The van der Waals surface area contributed by atoms with Gasteiger partial charge in [-0.2, -0.15) is 0 Å². The van der Waals surface area contributed by atoms with E-state index in [1.165, 1.54) is 7.11 Å². The average molecular weight is 266 g/mol. The van der Waals surface area contributed by atoms with Gasteiger partial charge in [-0.15, -0.1) is 0 Å². The van der Waals surface area contributed by atoms with E-state index in [0.29, 0.717) is 38.5 Å². The first kappa shape index (κ1) is 14.1. The summed E-state index contributed by atoms with van der Waals surface area (Å²) in [5, 5.41) is 0. The van der Waals surface area contributed by atoms with Crippen molar-refractivity contribution in [1.29, 1.82) is 0 Å². The molecule has 0 aromatic heterocycles. The van der Waals surface area contributed by atoms with Crippen molar-refractivity contribution in [1.82, 2.24) is 9.80 Å². The average Bonchev–Trinajstić information content (AvgIpc) is 2.92. The zero-order valence-corrected chi connectivity index (χ0v) is 11.5. The highest BCUT2D eigenvalue weighted by Gasteiger charge is 2.25. The van der Waals surface area contributed by atoms with Crippen LogP contribution in [0.5, 0.6) is 0 Å². The summed E-state index contributed by atoms with van der Waals surface area (Å²) in [6.45, 7) is 2.65. The van der Waals surface area contributed by atoms with Crippen molar-refractivity contribution in [3.8, 4) is 0 Å². The minimum Gasteiger partial charge on any atom is -0.375 e. The Balaban J connectivity index is 1.74. The molecule has 1 aliphatic carbocycles. The van der Waals surface area contributed by atoms with Crippen LogP contribution in [0.15, 0.2) is 12.2 Å². The third-order valence-corrected chi connectivity index (χ3v) is 3.80. The maximum atomic E-state index is 12.1. The molecule has 1 heterocycles. The molecule has 0 radical (unpaired) electrons. The Morgan fingerprint density at radius 3 is 2.32 bits per heavy atom. The Morgan fingerprint density at radius 2 is 1.79 bits per heavy atom. The van der Waals surface area contributed by atoms with Crippen molar-refractivity contribution >= 4 is 11.8 Å². The van der Waals surface area contributed by atoms with Gasteiger partial charge < -0.3 is 14.5 Å². The molecule has 19 heavy (non-hydrogen) atoms. The molecule has 0 bridgehead atoms. The highest BCUT2D eigenvalue weighted by Crippen LogP contribution is 2.21. The van der Waals surface area contributed by atoms with E-state index in [4.69, 9.17) is 4.74 Å². The standard InChI is InChI=1S/C14H22N2O3/c1-19-11-14(18)16-8-6-15(7-9-16)13(17)10-12-4-2-3-5-12/h2,4,12H,3,5-11H2,1H3. The smallest absolute Gasteiger partial charge is 0.248 e. The van der Waals surface area contributed by atoms with Gasteiger partial charge in [0.25, 0.3) is 0 Å². The molecule has 2 amide bonds. The second-order valence-electron chi connectivity index (χ2n) is 5.16. The van der Waals surface area contributed by atoms with E-state index in [-0.39, 0.29) is 18.4 Å². The largest absolute Gasteiger partial charge is 0.375 e. The minimum atomic E-state index is 0.00771. The van der Waals surface area contributed by atoms with Gasteiger partial charge in [0.2, 0.25) is 11.8 Å². The monoisotopic (exact) mass is 266 g/mol. The molecule has 1 aliphatic heterocycles.